The van der Waals surface area contributed by atoms with Gasteiger partial charge in [-0.05, 0) is 48.8 Å². The summed E-state index contributed by atoms with van der Waals surface area (Å²) in [4.78, 5) is 32.3. The van der Waals surface area contributed by atoms with Crippen molar-refractivity contribution in [2.24, 2.45) is 11.3 Å². The molecule has 1 N–H and O–H groups in total. The SMILES string of the molecule is CNC(=O)C1(Cc2ccccc2-c2cccnc2)CCN(C(=O)CC2CCCCC2)C1. The molecule has 31 heavy (non-hydrogen) atoms. The number of rotatable bonds is 6. The lowest BCUT2D eigenvalue weighted by atomic mass is 9.78. The number of hydrogen-bond acceptors (Lipinski definition) is 3. The second-order valence-electron chi connectivity index (χ2n) is 9.21. The molecule has 5 nitrogen and oxygen atoms in total. The molecule has 0 bridgehead atoms. The van der Waals surface area contributed by atoms with Crippen LogP contribution in [0.4, 0.5) is 0 Å². The van der Waals surface area contributed by atoms with E-state index in [0.29, 0.717) is 38.3 Å². The maximum atomic E-state index is 13.1. The van der Waals surface area contributed by atoms with Crippen molar-refractivity contribution in [1.82, 2.24) is 15.2 Å². The summed E-state index contributed by atoms with van der Waals surface area (Å²) in [5.74, 6) is 0.766. The molecule has 2 aromatic rings. The first-order chi connectivity index (χ1) is 15.1. The molecule has 1 aromatic heterocycles. The van der Waals surface area contributed by atoms with Crippen LogP contribution in [0.5, 0.6) is 0 Å². The summed E-state index contributed by atoms with van der Waals surface area (Å²) in [6.45, 7) is 1.16. The molecule has 4 rings (SSSR count). The van der Waals surface area contributed by atoms with Crippen molar-refractivity contribution >= 4 is 11.8 Å². The van der Waals surface area contributed by atoms with E-state index in [2.05, 4.69) is 22.4 Å². The van der Waals surface area contributed by atoms with Crippen LogP contribution in [0, 0.1) is 11.3 Å². The molecular formula is C26H33N3O2. The number of hydrogen-bond donors (Lipinski definition) is 1. The van der Waals surface area contributed by atoms with Crippen molar-refractivity contribution in [2.45, 2.75) is 51.4 Å². The maximum absolute atomic E-state index is 13.1. The first kappa shape index (κ1) is 21.5. The van der Waals surface area contributed by atoms with Crippen molar-refractivity contribution < 1.29 is 9.59 Å². The number of aromatic nitrogens is 1. The third-order valence-corrected chi connectivity index (χ3v) is 7.12. The Morgan fingerprint density at radius 1 is 1.13 bits per heavy atom. The minimum atomic E-state index is -0.588. The third kappa shape index (κ3) is 4.81. The Balaban J connectivity index is 1.54. The van der Waals surface area contributed by atoms with Crippen LogP contribution in [0.2, 0.25) is 0 Å². The lowest BCUT2D eigenvalue weighted by Gasteiger charge is -2.29. The highest BCUT2D eigenvalue weighted by Crippen LogP contribution is 2.38. The third-order valence-electron chi connectivity index (χ3n) is 7.12. The predicted molar refractivity (Wildman–Crippen MR) is 122 cm³/mol. The van der Waals surface area contributed by atoms with Crippen LogP contribution in [0.3, 0.4) is 0 Å². The van der Waals surface area contributed by atoms with Crippen LogP contribution < -0.4 is 5.32 Å². The fourth-order valence-electron chi connectivity index (χ4n) is 5.37. The number of carbonyl (C=O) groups excluding carboxylic acids is 2. The van der Waals surface area contributed by atoms with Crippen LogP contribution in [0.1, 0.15) is 50.5 Å². The monoisotopic (exact) mass is 419 g/mol. The number of carbonyl (C=O) groups is 2. The van der Waals surface area contributed by atoms with Crippen LogP contribution in [0.15, 0.2) is 48.8 Å². The standard InChI is InChI=1S/C26H33N3O2/c1-27-25(31)26(13-15-29(19-26)24(30)16-20-8-3-2-4-9-20)17-21-10-5-6-12-23(21)22-11-7-14-28-18-22/h5-7,10-12,14,18,20H,2-4,8-9,13,15-17,19H2,1H3,(H,27,31). The Hall–Kier alpha value is -2.69. The summed E-state index contributed by atoms with van der Waals surface area (Å²) in [7, 11) is 1.70. The molecule has 1 aliphatic heterocycles. The highest BCUT2D eigenvalue weighted by Gasteiger charge is 2.46. The molecule has 1 aliphatic carbocycles. The number of pyridine rings is 1. The normalized spacial score (nSPS) is 21.8. The fourth-order valence-corrected chi connectivity index (χ4v) is 5.37. The van der Waals surface area contributed by atoms with Crippen molar-refractivity contribution in [3.05, 3.63) is 54.4 Å². The Morgan fingerprint density at radius 3 is 2.68 bits per heavy atom. The minimum Gasteiger partial charge on any atom is -0.359 e. The number of likely N-dealkylation sites (tertiary alicyclic amines) is 1. The molecule has 2 heterocycles. The Bertz CT molecular complexity index is 908. The predicted octanol–water partition coefficient (Wildman–Crippen LogP) is 4.23. The highest BCUT2D eigenvalue weighted by atomic mass is 16.2. The number of nitrogens with one attached hydrogen (secondary N) is 1. The molecule has 2 fully saturated rings. The van der Waals surface area contributed by atoms with Crippen LogP contribution >= 0.6 is 0 Å². The van der Waals surface area contributed by atoms with E-state index in [1.165, 1.54) is 32.1 Å². The Kier molecular flexibility index (Phi) is 6.69. The molecule has 1 saturated carbocycles. The molecular weight excluding hydrogens is 386 g/mol. The summed E-state index contributed by atoms with van der Waals surface area (Å²) in [6.07, 6.45) is 11.7. The van der Waals surface area contributed by atoms with Gasteiger partial charge in [0.05, 0.1) is 5.41 Å². The summed E-state index contributed by atoms with van der Waals surface area (Å²) in [6, 6.07) is 12.2. The largest absolute Gasteiger partial charge is 0.359 e. The van der Waals surface area contributed by atoms with Gasteiger partial charge in [0.2, 0.25) is 11.8 Å². The second kappa shape index (κ2) is 9.63. The van der Waals surface area contributed by atoms with E-state index < -0.39 is 5.41 Å². The second-order valence-corrected chi connectivity index (χ2v) is 9.21. The molecule has 164 valence electrons. The summed E-state index contributed by atoms with van der Waals surface area (Å²) in [5.41, 5.74) is 2.69. The molecule has 2 amide bonds. The van der Waals surface area contributed by atoms with E-state index in [9.17, 15) is 9.59 Å². The number of benzene rings is 1. The van der Waals surface area contributed by atoms with E-state index in [1.54, 1.807) is 13.2 Å². The van der Waals surface area contributed by atoms with Crippen molar-refractivity contribution in [2.75, 3.05) is 20.1 Å². The van der Waals surface area contributed by atoms with E-state index in [1.807, 2.05) is 35.4 Å². The number of nitrogens with zero attached hydrogens (tertiary/aromatic N) is 2. The van der Waals surface area contributed by atoms with Crippen molar-refractivity contribution in [3.8, 4) is 11.1 Å². The zero-order valence-electron chi connectivity index (χ0n) is 18.5. The summed E-state index contributed by atoms with van der Waals surface area (Å²) >= 11 is 0. The van der Waals surface area contributed by atoms with Gasteiger partial charge in [-0.25, -0.2) is 0 Å². The van der Waals surface area contributed by atoms with Gasteiger partial charge < -0.3 is 10.2 Å². The van der Waals surface area contributed by atoms with Crippen LogP contribution in [0.25, 0.3) is 11.1 Å². The van der Waals surface area contributed by atoms with Gasteiger partial charge in [-0.1, -0.05) is 49.6 Å². The van der Waals surface area contributed by atoms with Gasteiger partial charge >= 0.3 is 0 Å². The first-order valence-electron chi connectivity index (χ1n) is 11.6. The zero-order valence-corrected chi connectivity index (χ0v) is 18.5. The van der Waals surface area contributed by atoms with Crippen LogP contribution in [-0.2, 0) is 16.0 Å². The van der Waals surface area contributed by atoms with E-state index >= 15 is 0 Å². The van der Waals surface area contributed by atoms with E-state index in [-0.39, 0.29) is 11.8 Å². The quantitative estimate of drug-likeness (QED) is 0.762. The van der Waals surface area contributed by atoms with E-state index in [4.69, 9.17) is 0 Å². The fraction of sp³-hybridized carbons (Fsp3) is 0.500. The van der Waals surface area contributed by atoms with Gasteiger partial charge in [-0.2, -0.15) is 0 Å². The van der Waals surface area contributed by atoms with Gasteiger partial charge in [0.15, 0.2) is 0 Å². The molecule has 1 atom stereocenters. The first-order valence-corrected chi connectivity index (χ1v) is 11.6. The lowest BCUT2D eigenvalue weighted by Crippen LogP contribution is -2.44. The average molecular weight is 420 g/mol. The molecule has 1 saturated heterocycles. The molecule has 2 aliphatic rings. The molecule has 1 unspecified atom stereocenters. The minimum absolute atomic E-state index is 0.0291. The van der Waals surface area contributed by atoms with Gasteiger partial charge in [0, 0.05) is 44.5 Å². The highest BCUT2D eigenvalue weighted by molar-refractivity contribution is 5.86. The lowest BCUT2D eigenvalue weighted by molar-refractivity contribution is -0.133. The number of amides is 2. The van der Waals surface area contributed by atoms with Gasteiger partial charge in [0.1, 0.15) is 0 Å². The maximum Gasteiger partial charge on any atom is 0.228 e. The Morgan fingerprint density at radius 2 is 1.94 bits per heavy atom. The molecule has 0 spiro atoms. The molecule has 5 heteroatoms. The Labute approximate surface area is 185 Å². The van der Waals surface area contributed by atoms with Gasteiger partial charge in [-0.3, -0.25) is 14.6 Å². The van der Waals surface area contributed by atoms with Crippen molar-refractivity contribution in [3.63, 3.8) is 0 Å². The molecule has 1 aromatic carbocycles. The topological polar surface area (TPSA) is 62.3 Å². The summed E-state index contributed by atoms with van der Waals surface area (Å²) in [5, 5.41) is 2.88. The van der Waals surface area contributed by atoms with Gasteiger partial charge in [-0.15, -0.1) is 0 Å². The average Bonchev–Trinajstić information content (AvgIpc) is 3.25. The van der Waals surface area contributed by atoms with Crippen molar-refractivity contribution in [1.29, 1.82) is 0 Å². The molecule has 0 radical (unpaired) electrons. The van der Waals surface area contributed by atoms with Crippen LogP contribution in [-0.4, -0.2) is 41.8 Å². The smallest absolute Gasteiger partial charge is 0.228 e. The summed E-state index contributed by atoms with van der Waals surface area (Å²) < 4.78 is 0. The van der Waals surface area contributed by atoms with Gasteiger partial charge in [0.25, 0.3) is 0 Å². The van der Waals surface area contributed by atoms with E-state index in [0.717, 1.165) is 16.7 Å². The zero-order chi connectivity index (χ0) is 21.7.